The number of alkyl halides is 6. The summed E-state index contributed by atoms with van der Waals surface area (Å²) in [6, 6.07) is 5.75. The molecular formula is C21H23F6N3O6S. The molecule has 0 unspecified atom stereocenters. The summed E-state index contributed by atoms with van der Waals surface area (Å²) in [4.78, 5) is 28.9. The van der Waals surface area contributed by atoms with Gasteiger partial charge in [-0.3, -0.25) is 4.90 Å². The van der Waals surface area contributed by atoms with Gasteiger partial charge in [0.25, 0.3) is 0 Å². The summed E-state index contributed by atoms with van der Waals surface area (Å²) in [5.74, 6) is -4.83. The lowest BCUT2D eigenvalue weighted by atomic mass is 9.89. The van der Waals surface area contributed by atoms with E-state index in [1.807, 2.05) is 29.8 Å². The van der Waals surface area contributed by atoms with Crippen molar-refractivity contribution in [3.63, 3.8) is 0 Å². The van der Waals surface area contributed by atoms with Crippen LogP contribution in [0.25, 0.3) is 0 Å². The summed E-state index contributed by atoms with van der Waals surface area (Å²) >= 11 is 1.72. The maximum Gasteiger partial charge on any atom is 0.490 e. The predicted molar refractivity (Wildman–Crippen MR) is 116 cm³/mol. The van der Waals surface area contributed by atoms with E-state index < -0.39 is 24.3 Å². The third-order valence-corrected chi connectivity index (χ3v) is 5.81. The largest absolute Gasteiger partial charge is 0.490 e. The molecule has 4 heterocycles. The third kappa shape index (κ3) is 10.5. The molecule has 2 fully saturated rings. The highest BCUT2D eigenvalue weighted by atomic mass is 32.1. The molecule has 0 aliphatic carbocycles. The molecule has 0 radical (unpaired) electrons. The Bertz CT molecular complexity index is 969. The van der Waals surface area contributed by atoms with Crippen LogP contribution in [0.1, 0.15) is 24.3 Å². The fraction of sp³-hybridized carbons (Fsp3) is 0.524. The summed E-state index contributed by atoms with van der Waals surface area (Å²) < 4.78 is 75.7. The van der Waals surface area contributed by atoms with E-state index in [0.29, 0.717) is 12.5 Å². The van der Waals surface area contributed by atoms with E-state index in [4.69, 9.17) is 29.3 Å². The number of carboxylic acids is 2. The number of aromatic nitrogens is 2. The van der Waals surface area contributed by atoms with Crippen LogP contribution in [0, 0.1) is 0 Å². The SMILES string of the molecule is O=C(O)C(F)(F)F.O=C(O)C(F)(F)F.c1ccc(O[C@H]2CO[C@@]3(CCCN(Cc4nccs4)C3)C2)nc1. The zero-order chi connectivity index (χ0) is 27.7. The van der Waals surface area contributed by atoms with Gasteiger partial charge in [0, 0.05) is 36.8 Å². The monoisotopic (exact) mass is 559 g/mol. The Labute approximate surface area is 210 Å². The minimum atomic E-state index is -5.08. The molecule has 0 amide bonds. The van der Waals surface area contributed by atoms with Crippen LogP contribution in [0.15, 0.2) is 36.0 Å². The molecule has 2 aromatic rings. The molecule has 2 aliphatic heterocycles. The molecule has 2 saturated heterocycles. The van der Waals surface area contributed by atoms with Crippen molar-refractivity contribution in [1.29, 1.82) is 0 Å². The number of rotatable bonds is 4. The first-order valence-electron chi connectivity index (χ1n) is 10.6. The number of ether oxygens (including phenoxy) is 2. The number of halogens is 6. The van der Waals surface area contributed by atoms with Gasteiger partial charge in [-0.2, -0.15) is 26.3 Å². The van der Waals surface area contributed by atoms with Crippen molar-refractivity contribution in [3.8, 4) is 5.88 Å². The van der Waals surface area contributed by atoms with E-state index in [9.17, 15) is 26.3 Å². The molecule has 206 valence electrons. The van der Waals surface area contributed by atoms with Crippen LogP contribution in [0.4, 0.5) is 26.3 Å². The molecule has 37 heavy (non-hydrogen) atoms. The first-order chi connectivity index (χ1) is 17.2. The molecular weight excluding hydrogens is 536 g/mol. The number of carboxylic acid groups (broad SMARTS) is 2. The summed E-state index contributed by atoms with van der Waals surface area (Å²) in [5, 5.41) is 17.5. The molecule has 9 nitrogen and oxygen atoms in total. The lowest BCUT2D eigenvalue weighted by Crippen LogP contribution is -2.47. The lowest BCUT2D eigenvalue weighted by molar-refractivity contribution is -0.193. The summed E-state index contributed by atoms with van der Waals surface area (Å²) in [6.45, 7) is 3.67. The highest BCUT2D eigenvalue weighted by Gasteiger charge is 2.44. The number of likely N-dealkylation sites (tertiary alicyclic amines) is 1. The fourth-order valence-electron chi connectivity index (χ4n) is 3.60. The zero-order valence-corrected chi connectivity index (χ0v) is 19.9. The minimum Gasteiger partial charge on any atom is -0.475 e. The number of aliphatic carboxylic acids is 2. The van der Waals surface area contributed by atoms with Crippen LogP contribution in [-0.2, 0) is 20.9 Å². The van der Waals surface area contributed by atoms with Crippen LogP contribution in [0.5, 0.6) is 5.88 Å². The van der Waals surface area contributed by atoms with Crippen molar-refractivity contribution in [1.82, 2.24) is 14.9 Å². The van der Waals surface area contributed by atoms with Gasteiger partial charge in [-0.15, -0.1) is 11.3 Å². The minimum absolute atomic E-state index is 0.0606. The number of pyridine rings is 1. The molecule has 2 N–H and O–H groups in total. The molecule has 2 aliphatic rings. The van der Waals surface area contributed by atoms with Crippen molar-refractivity contribution >= 4 is 23.3 Å². The maximum absolute atomic E-state index is 10.6. The Balaban J connectivity index is 0.000000286. The molecule has 0 saturated carbocycles. The van der Waals surface area contributed by atoms with Gasteiger partial charge in [0.2, 0.25) is 5.88 Å². The van der Waals surface area contributed by atoms with Gasteiger partial charge in [0.15, 0.2) is 0 Å². The van der Waals surface area contributed by atoms with Crippen molar-refractivity contribution < 1.29 is 55.6 Å². The fourth-order valence-corrected chi connectivity index (χ4v) is 4.26. The van der Waals surface area contributed by atoms with Gasteiger partial charge in [0.1, 0.15) is 11.1 Å². The third-order valence-electron chi connectivity index (χ3n) is 5.05. The highest BCUT2D eigenvalue weighted by molar-refractivity contribution is 7.09. The van der Waals surface area contributed by atoms with Crippen molar-refractivity contribution in [3.05, 3.63) is 41.0 Å². The smallest absolute Gasteiger partial charge is 0.475 e. The number of piperidine rings is 1. The van der Waals surface area contributed by atoms with Gasteiger partial charge >= 0.3 is 24.3 Å². The van der Waals surface area contributed by atoms with Crippen LogP contribution < -0.4 is 4.74 Å². The summed E-state index contributed by atoms with van der Waals surface area (Å²) in [5.41, 5.74) is -0.0606. The highest BCUT2D eigenvalue weighted by Crippen LogP contribution is 2.36. The van der Waals surface area contributed by atoms with E-state index in [1.165, 1.54) is 11.4 Å². The number of hydrogen-bond acceptors (Lipinski definition) is 8. The van der Waals surface area contributed by atoms with Crippen LogP contribution >= 0.6 is 11.3 Å². The number of hydrogen-bond donors (Lipinski definition) is 2. The maximum atomic E-state index is 10.6. The topological polar surface area (TPSA) is 122 Å². The van der Waals surface area contributed by atoms with Crippen molar-refractivity contribution in [2.24, 2.45) is 0 Å². The van der Waals surface area contributed by atoms with E-state index in [-0.39, 0.29) is 11.7 Å². The molecule has 16 heteroatoms. The van der Waals surface area contributed by atoms with Gasteiger partial charge in [0.05, 0.1) is 18.8 Å². The van der Waals surface area contributed by atoms with Gasteiger partial charge in [-0.05, 0) is 25.5 Å². The number of thiazole rings is 1. The average molecular weight is 559 g/mol. The number of carbonyl (C=O) groups is 2. The van der Waals surface area contributed by atoms with Crippen molar-refractivity contribution in [2.45, 2.75) is 49.9 Å². The second kappa shape index (κ2) is 13.0. The standard InChI is InChI=1S/C17H21N3O2S.2C2HF3O2/c1-2-6-18-15(4-1)22-14-10-17(21-12-14)5-3-8-20(13-17)11-16-19-7-9-23-16;2*3-2(4,5)1(6)7/h1-2,4,6-7,9,14H,3,5,8,10-13H2;2*(H,6,7)/t14-,17+;;/m1../s1. The van der Waals surface area contributed by atoms with Crippen LogP contribution in [0.2, 0.25) is 0 Å². The average Bonchev–Trinajstić information content (AvgIpc) is 3.44. The first kappa shape index (κ1) is 30.2. The Morgan fingerprint density at radius 2 is 1.76 bits per heavy atom. The molecule has 2 aromatic heterocycles. The molecule has 2 atom stereocenters. The molecule has 1 spiro atoms. The second-order valence-electron chi connectivity index (χ2n) is 7.95. The van der Waals surface area contributed by atoms with Crippen LogP contribution in [-0.4, -0.2) is 80.8 Å². The predicted octanol–water partition coefficient (Wildman–Crippen LogP) is 4.01. The Morgan fingerprint density at radius 3 is 2.27 bits per heavy atom. The zero-order valence-electron chi connectivity index (χ0n) is 19.0. The Kier molecular flexibility index (Phi) is 10.6. The van der Waals surface area contributed by atoms with Gasteiger partial charge in [-0.1, -0.05) is 6.07 Å². The van der Waals surface area contributed by atoms with Crippen molar-refractivity contribution in [2.75, 3.05) is 19.7 Å². The second-order valence-corrected chi connectivity index (χ2v) is 8.93. The first-order valence-corrected chi connectivity index (χ1v) is 11.5. The lowest BCUT2D eigenvalue weighted by Gasteiger charge is -2.39. The Morgan fingerprint density at radius 1 is 1.11 bits per heavy atom. The molecule has 0 aromatic carbocycles. The molecule has 0 bridgehead atoms. The van der Waals surface area contributed by atoms with Gasteiger partial charge < -0.3 is 19.7 Å². The number of nitrogens with zero attached hydrogens (tertiary/aromatic N) is 3. The van der Waals surface area contributed by atoms with E-state index >= 15 is 0 Å². The normalized spacial score (nSPS) is 21.8. The summed E-state index contributed by atoms with van der Waals surface area (Å²) in [7, 11) is 0. The van der Waals surface area contributed by atoms with Crippen LogP contribution in [0.3, 0.4) is 0 Å². The van der Waals surface area contributed by atoms with E-state index in [2.05, 4.69) is 14.9 Å². The van der Waals surface area contributed by atoms with E-state index in [0.717, 1.165) is 32.5 Å². The molecule has 4 rings (SSSR count). The Hall–Kier alpha value is -2.98. The van der Waals surface area contributed by atoms with Gasteiger partial charge in [-0.25, -0.2) is 19.6 Å². The van der Waals surface area contributed by atoms with E-state index in [1.54, 1.807) is 17.5 Å². The quantitative estimate of drug-likeness (QED) is 0.535. The summed E-state index contributed by atoms with van der Waals surface area (Å²) in [6.07, 6.45) is -3.20.